The first-order valence-corrected chi connectivity index (χ1v) is 10.8. The molecule has 1 rings (SSSR count). The van der Waals surface area contributed by atoms with Crippen LogP contribution in [0.2, 0.25) is 0 Å². The van der Waals surface area contributed by atoms with Crippen molar-refractivity contribution >= 4 is 17.6 Å². The van der Waals surface area contributed by atoms with Crippen LogP contribution in [0.1, 0.15) is 71.6 Å². The SMILES string of the molecule is CCCC[C@H](C)C[C@H](O)/C=C/[C@H]1[C@@H](C/C=C\CCCC(=O)O)[C@@H](Cl)C[C@H]1O. The van der Waals surface area contributed by atoms with Gasteiger partial charge in [-0.05, 0) is 43.9 Å². The Morgan fingerprint density at radius 3 is 2.70 bits per heavy atom. The van der Waals surface area contributed by atoms with Crippen molar-refractivity contribution in [3.05, 3.63) is 24.3 Å². The number of carboxylic acids is 1. The summed E-state index contributed by atoms with van der Waals surface area (Å²) < 4.78 is 0. The van der Waals surface area contributed by atoms with E-state index in [0.717, 1.165) is 25.7 Å². The second-order valence-electron chi connectivity index (χ2n) is 7.99. The predicted octanol–water partition coefficient (Wildman–Crippen LogP) is 4.93. The van der Waals surface area contributed by atoms with Gasteiger partial charge in [0.05, 0.1) is 12.2 Å². The molecule has 0 unspecified atom stereocenters. The molecule has 0 aromatic rings. The first-order valence-electron chi connectivity index (χ1n) is 10.4. The summed E-state index contributed by atoms with van der Waals surface area (Å²) in [4.78, 5) is 10.5. The number of aliphatic hydroxyl groups is 2. The van der Waals surface area contributed by atoms with Gasteiger partial charge < -0.3 is 15.3 Å². The van der Waals surface area contributed by atoms with Gasteiger partial charge in [0.15, 0.2) is 0 Å². The maximum Gasteiger partial charge on any atom is 0.303 e. The van der Waals surface area contributed by atoms with E-state index < -0.39 is 18.2 Å². The molecule has 156 valence electrons. The minimum atomic E-state index is -0.768. The summed E-state index contributed by atoms with van der Waals surface area (Å²) >= 11 is 6.44. The van der Waals surface area contributed by atoms with E-state index in [9.17, 15) is 15.0 Å². The molecule has 1 saturated carbocycles. The lowest BCUT2D eigenvalue weighted by atomic mass is 9.89. The highest BCUT2D eigenvalue weighted by Gasteiger charge is 2.39. The smallest absolute Gasteiger partial charge is 0.303 e. The lowest BCUT2D eigenvalue weighted by Crippen LogP contribution is -2.19. The molecule has 0 bridgehead atoms. The Balaban J connectivity index is 2.50. The molecule has 5 heteroatoms. The molecule has 27 heavy (non-hydrogen) atoms. The third-order valence-corrected chi connectivity index (χ3v) is 5.96. The van der Waals surface area contributed by atoms with Gasteiger partial charge in [0, 0.05) is 17.7 Å². The van der Waals surface area contributed by atoms with Crippen molar-refractivity contribution in [3.63, 3.8) is 0 Å². The fourth-order valence-electron chi connectivity index (χ4n) is 3.83. The summed E-state index contributed by atoms with van der Waals surface area (Å²) in [6.45, 7) is 4.34. The van der Waals surface area contributed by atoms with Crippen molar-refractivity contribution in [1.29, 1.82) is 0 Å². The Morgan fingerprint density at radius 2 is 2.04 bits per heavy atom. The van der Waals surface area contributed by atoms with Crippen LogP contribution in [0.15, 0.2) is 24.3 Å². The molecule has 1 fully saturated rings. The van der Waals surface area contributed by atoms with Gasteiger partial charge in [-0.2, -0.15) is 0 Å². The molecule has 0 spiro atoms. The predicted molar refractivity (Wildman–Crippen MR) is 111 cm³/mol. The van der Waals surface area contributed by atoms with Crippen LogP contribution in [0.25, 0.3) is 0 Å². The minimum absolute atomic E-state index is 0.0447. The van der Waals surface area contributed by atoms with Crippen LogP contribution in [0.3, 0.4) is 0 Å². The van der Waals surface area contributed by atoms with E-state index in [1.807, 2.05) is 24.3 Å². The summed E-state index contributed by atoms with van der Waals surface area (Å²) in [5.74, 6) is -0.186. The standard InChI is InChI=1S/C22H37ClO4/c1-3-4-9-16(2)14-17(24)12-13-19-18(20(23)15-21(19)25)10-7-5-6-8-11-22(26)27/h5,7,12-13,16-21,24-25H,3-4,6,8-11,14-15H2,1-2H3,(H,26,27)/b7-5-,13-12+/t16-,17+,18+,19-,20-,21+/m0/s1. The van der Waals surface area contributed by atoms with Crippen molar-refractivity contribution in [2.45, 2.75) is 89.2 Å². The average Bonchev–Trinajstić information content (AvgIpc) is 2.87. The molecule has 0 heterocycles. The number of aliphatic carboxylic acids is 1. The number of allylic oxidation sites excluding steroid dienone is 2. The number of hydrogen-bond acceptors (Lipinski definition) is 3. The largest absolute Gasteiger partial charge is 0.481 e. The van der Waals surface area contributed by atoms with Gasteiger partial charge in [0.1, 0.15) is 0 Å². The number of carbonyl (C=O) groups is 1. The van der Waals surface area contributed by atoms with Gasteiger partial charge in [-0.3, -0.25) is 4.79 Å². The summed E-state index contributed by atoms with van der Waals surface area (Å²) in [6.07, 6.45) is 14.0. The van der Waals surface area contributed by atoms with Gasteiger partial charge >= 0.3 is 5.97 Å². The first-order chi connectivity index (χ1) is 12.8. The highest BCUT2D eigenvalue weighted by atomic mass is 35.5. The molecule has 0 aliphatic heterocycles. The Hall–Kier alpha value is -0.840. The van der Waals surface area contributed by atoms with E-state index in [1.54, 1.807) is 0 Å². The number of alkyl halides is 1. The van der Waals surface area contributed by atoms with Crippen molar-refractivity contribution in [1.82, 2.24) is 0 Å². The zero-order chi connectivity index (χ0) is 20.2. The average molecular weight is 401 g/mol. The molecule has 6 atom stereocenters. The van der Waals surface area contributed by atoms with Gasteiger partial charge in [0.2, 0.25) is 0 Å². The maximum atomic E-state index is 10.5. The summed E-state index contributed by atoms with van der Waals surface area (Å²) in [5, 5.41) is 29.2. The van der Waals surface area contributed by atoms with Crippen LogP contribution in [0.5, 0.6) is 0 Å². The summed E-state index contributed by atoms with van der Waals surface area (Å²) in [6, 6.07) is 0. The van der Waals surface area contributed by atoms with Gasteiger partial charge in [-0.1, -0.05) is 57.4 Å². The number of aliphatic hydroxyl groups excluding tert-OH is 2. The third-order valence-electron chi connectivity index (χ3n) is 5.46. The van der Waals surface area contributed by atoms with Crippen LogP contribution >= 0.6 is 11.6 Å². The Labute approximate surface area is 169 Å². The molecule has 3 N–H and O–H groups in total. The van der Waals surface area contributed by atoms with Crippen LogP contribution < -0.4 is 0 Å². The monoisotopic (exact) mass is 400 g/mol. The molecular weight excluding hydrogens is 364 g/mol. The van der Waals surface area contributed by atoms with Crippen LogP contribution in [0.4, 0.5) is 0 Å². The Kier molecular flexibility index (Phi) is 12.0. The van der Waals surface area contributed by atoms with Crippen LogP contribution in [-0.4, -0.2) is 38.9 Å². The Morgan fingerprint density at radius 1 is 1.30 bits per heavy atom. The molecule has 0 amide bonds. The molecular formula is C22H37ClO4. The van der Waals surface area contributed by atoms with E-state index in [-0.39, 0.29) is 23.6 Å². The van der Waals surface area contributed by atoms with E-state index >= 15 is 0 Å². The topological polar surface area (TPSA) is 77.8 Å². The first kappa shape index (κ1) is 24.2. The third kappa shape index (κ3) is 9.77. The van der Waals surface area contributed by atoms with Crippen LogP contribution in [-0.2, 0) is 4.79 Å². The highest BCUT2D eigenvalue weighted by molar-refractivity contribution is 6.21. The van der Waals surface area contributed by atoms with Crippen LogP contribution in [0, 0.1) is 17.8 Å². The van der Waals surface area contributed by atoms with Crippen molar-refractivity contribution in [2.75, 3.05) is 0 Å². The maximum absolute atomic E-state index is 10.5. The van der Waals surface area contributed by atoms with Gasteiger partial charge in [-0.15, -0.1) is 11.6 Å². The van der Waals surface area contributed by atoms with E-state index in [2.05, 4.69) is 13.8 Å². The summed E-state index contributed by atoms with van der Waals surface area (Å²) in [7, 11) is 0. The summed E-state index contributed by atoms with van der Waals surface area (Å²) in [5.41, 5.74) is 0. The second-order valence-corrected chi connectivity index (χ2v) is 8.55. The fraction of sp³-hybridized carbons (Fsp3) is 0.773. The van der Waals surface area contributed by atoms with Crippen molar-refractivity contribution < 1.29 is 20.1 Å². The number of halogens is 1. The van der Waals surface area contributed by atoms with E-state index in [4.69, 9.17) is 16.7 Å². The number of hydrogen-bond donors (Lipinski definition) is 3. The van der Waals surface area contributed by atoms with Crippen molar-refractivity contribution in [3.8, 4) is 0 Å². The van der Waals surface area contributed by atoms with Gasteiger partial charge in [0.25, 0.3) is 0 Å². The van der Waals surface area contributed by atoms with E-state index in [1.165, 1.54) is 12.8 Å². The van der Waals surface area contributed by atoms with Gasteiger partial charge in [-0.25, -0.2) is 0 Å². The number of carboxylic acid groups (broad SMARTS) is 1. The molecule has 1 aliphatic rings. The lowest BCUT2D eigenvalue weighted by molar-refractivity contribution is -0.137. The molecule has 1 aliphatic carbocycles. The zero-order valence-electron chi connectivity index (χ0n) is 16.8. The second kappa shape index (κ2) is 13.4. The zero-order valence-corrected chi connectivity index (χ0v) is 17.5. The minimum Gasteiger partial charge on any atom is -0.481 e. The van der Waals surface area contributed by atoms with E-state index in [0.29, 0.717) is 18.8 Å². The normalized spacial score (nSPS) is 28.2. The molecule has 0 radical (unpaired) electrons. The quantitative estimate of drug-likeness (QED) is 0.233. The molecule has 0 aromatic carbocycles. The molecule has 0 saturated heterocycles. The lowest BCUT2D eigenvalue weighted by Gasteiger charge is -2.20. The highest BCUT2D eigenvalue weighted by Crippen LogP contribution is 2.39. The van der Waals surface area contributed by atoms with Crippen molar-refractivity contribution in [2.24, 2.45) is 17.8 Å². The molecule has 0 aromatic heterocycles. The number of rotatable bonds is 13. The molecule has 4 nitrogen and oxygen atoms in total. The fourth-order valence-corrected chi connectivity index (χ4v) is 4.28. The Bertz CT molecular complexity index is 477. The number of unbranched alkanes of at least 4 members (excludes halogenated alkanes) is 2.